The average Bonchev–Trinajstić information content (AvgIpc) is 2.65. The van der Waals surface area contributed by atoms with E-state index in [1.165, 1.54) is 7.11 Å². The van der Waals surface area contributed by atoms with Gasteiger partial charge in [-0.1, -0.05) is 23.9 Å². The number of rotatable bonds is 6. The Labute approximate surface area is 152 Å². The van der Waals surface area contributed by atoms with Crippen molar-refractivity contribution in [2.45, 2.75) is 5.03 Å². The largest absolute Gasteiger partial charge is 0.497 e. The number of nitrogens with zero attached hydrogens (tertiary/aromatic N) is 3. The van der Waals surface area contributed by atoms with Crippen molar-refractivity contribution in [2.75, 3.05) is 18.6 Å². The number of hydrogen-bond acceptors (Lipinski definition) is 8. The van der Waals surface area contributed by atoms with E-state index in [1.807, 2.05) is 12.1 Å². The lowest BCUT2D eigenvalue weighted by atomic mass is 9.97. The predicted octanol–water partition coefficient (Wildman–Crippen LogP) is 1.83. The van der Waals surface area contributed by atoms with Gasteiger partial charge in [0.1, 0.15) is 34.3 Å². The lowest BCUT2D eigenvalue weighted by Crippen LogP contribution is -2.15. The van der Waals surface area contributed by atoms with Crippen molar-refractivity contribution in [3.63, 3.8) is 0 Å². The molecule has 0 bridgehead atoms. The van der Waals surface area contributed by atoms with Crippen LogP contribution in [0.3, 0.4) is 0 Å². The maximum Gasteiger partial charge on any atom is 0.373 e. The second kappa shape index (κ2) is 8.01. The summed E-state index contributed by atoms with van der Waals surface area (Å²) in [5.74, 6) is -2.54. The highest BCUT2D eigenvalue weighted by atomic mass is 32.2. The number of hydrogen-bond donors (Lipinski definition) is 2. The third kappa shape index (κ3) is 3.74. The maximum absolute atomic E-state index is 11.3. The minimum atomic E-state index is -1.58. The van der Waals surface area contributed by atoms with Crippen molar-refractivity contribution in [1.29, 1.82) is 10.5 Å². The molecule has 0 unspecified atom stereocenters. The first kappa shape index (κ1) is 18.8. The van der Waals surface area contributed by atoms with Crippen molar-refractivity contribution in [3.05, 3.63) is 35.4 Å². The summed E-state index contributed by atoms with van der Waals surface area (Å²) in [5.41, 5.74) is 6.72. The number of nitrogens with two attached hydrogens (primary N) is 1. The maximum atomic E-state index is 11.3. The summed E-state index contributed by atoms with van der Waals surface area (Å²) in [6.45, 7) is 0. The molecule has 2 aromatic rings. The fourth-order valence-electron chi connectivity index (χ4n) is 2.14. The number of nitrogen functional groups attached to an aromatic ring is 1. The molecule has 0 radical (unpaired) electrons. The molecule has 1 heterocycles. The first-order valence-corrected chi connectivity index (χ1v) is 8.08. The summed E-state index contributed by atoms with van der Waals surface area (Å²) < 4.78 is 5.09. The van der Waals surface area contributed by atoms with Gasteiger partial charge in [0.25, 0.3) is 0 Å². The Morgan fingerprint density at radius 3 is 2.35 bits per heavy atom. The van der Waals surface area contributed by atoms with E-state index in [0.717, 1.165) is 11.8 Å². The van der Waals surface area contributed by atoms with Gasteiger partial charge in [-0.3, -0.25) is 4.79 Å². The lowest BCUT2D eigenvalue weighted by molar-refractivity contribution is -0.147. The molecule has 1 aromatic carbocycles. The molecule has 0 aliphatic heterocycles. The van der Waals surface area contributed by atoms with Crippen LogP contribution in [0.4, 0.5) is 5.82 Å². The number of thioether (sulfide) groups is 1. The second-order valence-corrected chi connectivity index (χ2v) is 5.86. The highest BCUT2D eigenvalue weighted by Gasteiger charge is 2.22. The summed E-state index contributed by atoms with van der Waals surface area (Å²) in [6, 6.07) is 10.5. The molecule has 0 amide bonds. The number of aliphatic carboxylic acids is 1. The van der Waals surface area contributed by atoms with Crippen LogP contribution in [0.25, 0.3) is 11.1 Å². The van der Waals surface area contributed by atoms with E-state index in [4.69, 9.17) is 15.6 Å². The van der Waals surface area contributed by atoms with Crippen molar-refractivity contribution >= 4 is 29.3 Å². The number of pyridine rings is 1. The number of carboxylic acid groups (broad SMARTS) is 1. The number of ketones is 1. The molecule has 0 spiro atoms. The van der Waals surface area contributed by atoms with Gasteiger partial charge in [0.15, 0.2) is 0 Å². The molecule has 0 fully saturated rings. The summed E-state index contributed by atoms with van der Waals surface area (Å²) in [4.78, 5) is 26.0. The number of nitriles is 2. The molecule has 0 saturated carbocycles. The zero-order valence-corrected chi connectivity index (χ0v) is 14.3. The molecule has 130 valence electrons. The number of carbonyl (C=O) groups is 2. The van der Waals surface area contributed by atoms with Gasteiger partial charge < -0.3 is 15.6 Å². The standard InChI is InChI=1S/C17H12N4O4S/c1-25-10-4-2-9(3-5-10)14-11(6-18)15(20)21-16(12(14)7-19)26-8-13(22)17(23)24/h2-5H,8H2,1H3,(H2,20,21)(H,23,24). The minimum Gasteiger partial charge on any atom is -0.497 e. The first-order chi connectivity index (χ1) is 12.4. The Morgan fingerprint density at radius 1 is 1.23 bits per heavy atom. The highest BCUT2D eigenvalue weighted by molar-refractivity contribution is 8.00. The van der Waals surface area contributed by atoms with Gasteiger partial charge in [-0.15, -0.1) is 0 Å². The molecule has 0 aliphatic carbocycles. The molecule has 26 heavy (non-hydrogen) atoms. The number of aromatic nitrogens is 1. The number of methoxy groups -OCH3 is 1. The summed E-state index contributed by atoms with van der Waals surface area (Å²) in [6.07, 6.45) is 0. The summed E-state index contributed by atoms with van der Waals surface area (Å²) in [7, 11) is 1.51. The van der Waals surface area contributed by atoms with E-state index in [1.54, 1.807) is 24.3 Å². The predicted molar refractivity (Wildman–Crippen MR) is 93.4 cm³/mol. The van der Waals surface area contributed by atoms with Crippen LogP contribution in [0.15, 0.2) is 29.3 Å². The van der Waals surface area contributed by atoms with Gasteiger partial charge in [0, 0.05) is 5.56 Å². The van der Waals surface area contributed by atoms with Crippen LogP contribution in [0.2, 0.25) is 0 Å². The first-order valence-electron chi connectivity index (χ1n) is 7.10. The third-order valence-electron chi connectivity index (χ3n) is 3.37. The molecule has 0 atom stereocenters. The second-order valence-electron chi connectivity index (χ2n) is 4.90. The normalized spacial score (nSPS) is 9.81. The number of carboxylic acids is 1. The third-order valence-corrected chi connectivity index (χ3v) is 4.35. The highest BCUT2D eigenvalue weighted by Crippen LogP contribution is 2.36. The lowest BCUT2D eigenvalue weighted by Gasteiger charge is -2.13. The zero-order chi connectivity index (χ0) is 19.3. The number of carbonyl (C=O) groups excluding carboxylic acids is 1. The summed E-state index contributed by atoms with van der Waals surface area (Å²) in [5, 5.41) is 27.8. The van der Waals surface area contributed by atoms with Crippen molar-refractivity contribution < 1.29 is 19.4 Å². The van der Waals surface area contributed by atoms with Gasteiger partial charge in [-0.2, -0.15) is 10.5 Å². The zero-order valence-electron chi connectivity index (χ0n) is 13.5. The number of ether oxygens (including phenoxy) is 1. The fraction of sp³-hybridized carbons (Fsp3) is 0.118. The van der Waals surface area contributed by atoms with Crippen LogP contribution in [-0.2, 0) is 9.59 Å². The number of Topliss-reactive ketones (excluding diaryl/α,β-unsaturated/α-hetero) is 1. The van der Waals surface area contributed by atoms with Gasteiger partial charge in [0.05, 0.1) is 18.4 Å². The van der Waals surface area contributed by atoms with E-state index >= 15 is 0 Å². The molecule has 1 aromatic heterocycles. The van der Waals surface area contributed by atoms with Gasteiger partial charge >= 0.3 is 5.97 Å². The van der Waals surface area contributed by atoms with Crippen LogP contribution in [0.5, 0.6) is 5.75 Å². The van der Waals surface area contributed by atoms with Crippen LogP contribution in [0.1, 0.15) is 11.1 Å². The van der Waals surface area contributed by atoms with E-state index in [9.17, 15) is 20.1 Å². The van der Waals surface area contributed by atoms with Gasteiger partial charge in [-0.25, -0.2) is 9.78 Å². The van der Waals surface area contributed by atoms with E-state index in [0.29, 0.717) is 11.3 Å². The fourth-order valence-corrected chi connectivity index (χ4v) is 2.99. The van der Waals surface area contributed by atoms with Crippen molar-refractivity contribution in [3.8, 4) is 29.0 Å². The van der Waals surface area contributed by atoms with E-state index < -0.39 is 17.5 Å². The molecule has 0 aliphatic rings. The van der Waals surface area contributed by atoms with Gasteiger partial charge in [0.2, 0.25) is 5.78 Å². The molecule has 0 saturated heterocycles. The molecule has 3 N–H and O–H groups in total. The van der Waals surface area contributed by atoms with Crippen LogP contribution >= 0.6 is 11.8 Å². The van der Waals surface area contributed by atoms with Crippen molar-refractivity contribution in [1.82, 2.24) is 4.98 Å². The molecule has 8 nitrogen and oxygen atoms in total. The molecular weight excluding hydrogens is 356 g/mol. The van der Waals surface area contributed by atoms with Crippen molar-refractivity contribution in [2.24, 2.45) is 0 Å². The number of anilines is 1. The van der Waals surface area contributed by atoms with E-state index in [-0.39, 0.29) is 27.5 Å². The smallest absolute Gasteiger partial charge is 0.373 e. The number of benzene rings is 1. The van der Waals surface area contributed by atoms with Crippen LogP contribution < -0.4 is 10.5 Å². The van der Waals surface area contributed by atoms with Gasteiger partial charge in [-0.05, 0) is 17.7 Å². The molecular formula is C17H12N4O4S. The SMILES string of the molecule is COc1ccc(-c2c(C#N)c(N)nc(SCC(=O)C(=O)O)c2C#N)cc1. The summed E-state index contributed by atoms with van der Waals surface area (Å²) >= 11 is 0.780. The molecule has 9 heteroatoms. The Balaban J connectivity index is 2.61. The van der Waals surface area contributed by atoms with Crippen LogP contribution in [0, 0.1) is 22.7 Å². The topological polar surface area (TPSA) is 150 Å². The van der Waals surface area contributed by atoms with E-state index in [2.05, 4.69) is 4.98 Å². The monoisotopic (exact) mass is 368 g/mol. The Hall–Kier alpha value is -3.56. The quantitative estimate of drug-likeness (QED) is 0.574. The Bertz CT molecular complexity index is 959. The Kier molecular flexibility index (Phi) is 5.78. The average molecular weight is 368 g/mol. The molecule has 2 rings (SSSR count). The minimum absolute atomic E-state index is 0.0284. The Morgan fingerprint density at radius 2 is 1.85 bits per heavy atom. The van der Waals surface area contributed by atoms with Crippen LogP contribution in [-0.4, -0.2) is 34.7 Å².